The summed E-state index contributed by atoms with van der Waals surface area (Å²) >= 11 is 0. The molecule has 1 N–H and O–H groups in total. The summed E-state index contributed by atoms with van der Waals surface area (Å²) in [5.41, 5.74) is 0.598. The van der Waals surface area contributed by atoms with Gasteiger partial charge >= 0.3 is 0 Å². The fourth-order valence-electron chi connectivity index (χ4n) is 3.77. The van der Waals surface area contributed by atoms with Crippen molar-refractivity contribution in [3.63, 3.8) is 0 Å². The molecular weight excluding hydrogens is 256 g/mol. The molecule has 0 amide bonds. The van der Waals surface area contributed by atoms with Crippen LogP contribution in [0.2, 0.25) is 0 Å². The van der Waals surface area contributed by atoms with Gasteiger partial charge in [-0.15, -0.1) is 0 Å². The van der Waals surface area contributed by atoms with E-state index in [9.17, 15) is 8.78 Å². The number of nitrogens with one attached hydrogen (secondary N) is 1. The second-order valence-corrected chi connectivity index (χ2v) is 6.99. The Hall–Kier alpha value is -0.960. The summed E-state index contributed by atoms with van der Waals surface area (Å²) in [5, 5.41) is 3.43. The van der Waals surface area contributed by atoms with Gasteiger partial charge in [-0.2, -0.15) is 0 Å². The van der Waals surface area contributed by atoms with Crippen LogP contribution in [0.4, 0.5) is 8.78 Å². The first-order valence-electron chi connectivity index (χ1n) is 7.39. The molecule has 1 aromatic rings. The zero-order valence-corrected chi connectivity index (χ0v) is 13.1. The van der Waals surface area contributed by atoms with Crippen molar-refractivity contribution in [1.82, 2.24) is 5.32 Å². The lowest BCUT2D eigenvalue weighted by Gasteiger charge is -2.21. The van der Waals surface area contributed by atoms with Gasteiger partial charge in [0.25, 0.3) is 0 Å². The second kappa shape index (κ2) is 5.10. The van der Waals surface area contributed by atoms with Crippen LogP contribution in [0.3, 0.4) is 0 Å². The fourth-order valence-corrected chi connectivity index (χ4v) is 3.77. The molecule has 1 saturated carbocycles. The molecular formula is C17H25F2N. The molecule has 20 heavy (non-hydrogen) atoms. The smallest absolute Gasteiger partial charge is 0.129 e. The van der Waals surface area contributed by atoms with E-state index in [1.807, 2.05) is 6.92 Å². The zero-order chi connectivity index (χ0) is 15.1. The molecule has 0 spiro atoms. The van der Waals surface area contributed by atoms with E-state index in [0.717, 1.165) is 6.54 Å². The predicted octanol–water partition coefficient (Wildman–Crippen LogP) is 4.17. The molecule has 0 bridgehead atoms. The molecule has 1 nitrogen and oxygen atoms in total. The third-order valence-electron chi connectivity index (χ3n) is 5.49. The Morgan fingerprint density at radius 1 is 1.10 bits per heavy atom. The van der Waals surface area contributed by atoms with E-state index in [1.165, 1.54) is 18.2 Å². The van der Waals surface area contributed by atoms with Gasteiger partial charge in [0, 0.05) is 11.6 Å². The molecule has 0 heterocycles. The molecule has 1 aromatic carbocycles. The van der Waals surface area contributed by atoms with Gasteiger partial charge in [0.15, 0.2) is 0 Å². The average Bonchev–Trinajstić information content (AvgIpc) is 2.74. The fraction of sp³-hybridized carbons (Fsp3) is 0.647. The molecule has 0 aliphatic heterocycles. The van der Waals surface area contributed by atoms with Gasteiger partial charge < -0.3 is 5.32 Å². The maximum Gasteiger partial charge on any atom is 0.129 e. The minimum atomic E-state index is -0.441. The molecule has 0 saturated heterocycles. The normalized spacial score (nSPS) is 21.8. The van der Waals surface area contributed by atoms with Crippen LogP contribution in [0, 0.1) is 28.4 Å². The maximum absolute atomic E-state index is 13.9. The number of benzene rings is 1. The van der Waals surface area contributed by atoms with E-state index in [0.29, 0.717) is 12.3 Å². The quantitative estimate of drug-likeness (QED) is 0.854. The maximum atomic E-state index is 13.9. The van der Waals surface area contributed by atoms with Gasteiger partial charge in [-0.25, -0.2) is 8.78 Å². The highest BCUT2D eigenvalue weighted by molar-refractivity contribution is 5.24. The Labute approximate surface area is 120 Å². The molecule has 1 aliphatic rings. The van der Waals surface area contributed by atoms with Crippen LogP contribution in [-0.2, 0) is 6.42 Å². The van der Waals surface area contributed by atoms with Crippen LogP contribution >= 0.6 is 0 Å². The van der Waals surface area contributed by atoms with Crippen LogP contribution in [0.1, 0.15) is 40.2 Å². The van der Waals surface area contributed by atoms with Gasteiger partial charge in [-0.1, -0.05) is 40.7 Å². The minimum Gasteiger partial charge on any atom is -0.314 e. The Bertz CT molecular complexity index is 460. The van der Waals surface area contributed by atoms with E-state index in [4.69, 9.17) is 0 Å². The Kier molecular flexibility index (Phi) is 3.94. The number of rotatable bonds is 5. The average molecular weight is 281 g/mol. The Morgan fingerprint density at radius 3 is 2.00 bits per heavy atom. The summed E-state index contributed by atoms with van der Waals surface area (Å²) in [6.07, 6.45) is 0.407. The third kappa shape index (κ3) is 2.37. The van der Waals surface area contributed by atoms with Crippen molar-refractivity contribution < 1.29 is 8.78 Å². The van der Waals surface area contributed by atoms with Crippen molar-refractivity contribution in [2.45, 2.75) is 47.1 Å². The number of halogens is 2. The van der Waals surface area contributed by atoms with E-state index in [2.05, 4.69) is 33.0 Å². The molecule has 1 aliphatic carbocycles. The summed E-state index contributed by atoms with van der Waals surface area (Å²) in [4.78, 5) is 0. The molecule has 1 atom stereocenters. The van der Waals surface area contributed by atoms with Gasteiger partial charge in [-0.05, 0) is 41.8 Å². The topological polar surface area (TPSA) is 12.0 Å². The van der Waals surface area contributed by atoms with E-state index >= 15 is 0 Å². The van der Waals surface area contributed by atoms with Gasteiger partial charge in [0.05, 0.1) is 0 Å². The molecule has 0 aromatic heterocycles. The number of likely N-dealkylation sites (N-methyl/N-ethyl adjacent to an activating group) is 1. The summed E-state index contributed by atoms with van der Waals surface area (Å²) in [6.45, 7) is 11.8. The lowest BCUT2D eigenvalue weighted by Crippen LogP contribution is -2.35. The largest absolute Gasteiger partial charge is 0.314 e. The van der Waals surface area contributed by atoms with Crippen molar-refractivity contribution in [1.29, 1.82) is 0 Å². The monoisotopic (exact) mass is 281 g/mol. The lowest BCUT2D eigenvalue weighted by molar-refractivity contribution is 0.391. The third-order valence-corrected chi connectivity index (χ3v) is 5.49. The highest BCUT2D eigenvalue weighted by Gasteiger charge is 2.66. The Morgan fingerprint density at radius 2 is 1.60 bits per heavy atom. The van der Waals surface area contributed by atoms with Crippen LogP contribution in [0.5, 0.6) is 0 Å². The van der Waals surface area contributed by atoms with Crippen molar-refractivity contribution in [2.75, 3.05) is 6.54 Å². The summed E-state index contributed by atoms with van der Waals surface area (Å²) < 4.78 is 27.7. The lowest BCUT2D eigenvalue weighted by atomic mass is 9.96. The first kappa shape index (κ1) is 15.4. The van der Waals surface area contributed by atoms with Crippen molar-refractivity contribution >= 4 is 0 Å². The van der Waals surface area contributed by atoms with Crippen molar-refractivity contribution in [3.05, 3.63) is 35.4 Å². The number of hydrogen-bond donors (Lipinski definition) is 1. The summed E-state index contributed by atoms with van der Waals surface area (Å²) in [5.74, 6) is -0.456. The molecule has 0 radical (unpaired) electrons. The van der Waals surface area contributed by atoms with Gasteiger partial charge in [0.2, 0.25) is 0 Å². The van der Waals surface area contributed by atoms with Gasteiger partial charge in [-0.3, -0.25) is 0 Å². The summed E-state index contributed by atoms with van der Waals surface area (Å²) in [7, 11) is 0. The SMILES string of the molecule is CCNC(Cc1c(F)cccc1F)C1C(C)(C)C1(C)C. The standard InChI is InChI=1S/C17H25F2N/c1-6-20-14(15-16(2,3)17(15,4)5)10-11-12(18)8-7-9-13(11)19/h7-9,14-15,20H,6,10H2,1-5H3. The van der Waals surface area contributed by atoms with Crippen LogP contribution in [-0.4, -0.2) is 12.6 Å². The Balaban J connectivity index is 2.24. The number of hydrogen-bond acceptors (Lipinski definition) is 1. The minimum absolute atomic E-state index is 0.108. The van der Waals surface area contributed by atoms with E-state index in [-0.39, 0.29) is 22.4 Å². The molecule has 2 rings (SSSR count). The van der Waals surface area contributed by atoms with E-state index < -0.39 is 11.6 Å². The van der Waals surface area contributed by atoms with Crippen LogP contribution in [0.15, 0.2) is 18.2 Å². The second-order valence-electron chi connectivity index (χ2n) is 6.99. The molecule has 3 heteroatoms. The first-order valence-corrected chi connectivity index (χ1v) is 7.39. The van der Waals surface area contributed by atoms with Crippen LogP contribution < -0.4 is 5.32 Å². The highest BCUT2D eigenvalue weighted by atomic mass is 19.1. The van der Waals surface area contributed by atoms with E-state index in [1.54, 1.807) is 0 Å². The highest BCUT2D eigenvalue weighted by Crippen LogP contribution is 2.69. The molecule has 112 valence electrons. The van der Waals surface area contributed by atoms with Gasteiger partial charge in [0.1, 0.15) is 11.6 Å². The summed E-state index contributed by atoms with van der Waals surface area (Å²) in [6, 6.07) is 4.20. The van der Waals surface area contributed by atoms with Crippen molar-refractivity contribution in [2.24, 2.45) is 16.7 Å². The first-order chi connectivity index (χ1) is 9.23. The zero-order valence-electron chi connectivity index (χ0n) is 13.1. The van der Waals surface area contributed by atoms with Crippen LogP contribution in [0.25, 0.3) is 0 Å². The molecule has 1 unspecified atom stereocenters. The molecule has 1 fully saturated rings. The predicted molar refractivity (Wildman–Crippen MR) is 78.6 cm³/mol. The van der Waals surface area contributed by atoms with Crippen molar-refractivity contribution in [3.8, 4) is 0 Å².